The molecule has 0 spiro atoms. The average Bonchev–Trinajstić information content (AvgIpc) is 3.25. The molecule has 5 rings (SSSR count). The highest BCUT2D eigenvalue weighted by molar-refractivity contribution is 7.21. The van der Waals surface area contributed by atoms with Crippen molar-refractivity contribution in [2.75, 3.05) is 29.1 Å². The molecule has 0 unspecified atom stereocenters. The van der Waals surface area contributed by atoms with Crippen molar-refractivity contribution in [1.82, 2.24) is 14.9 Å². The van der Waals surface area contributed by atoms with E-state index in [-0.39, 0.29) is 22.9 Å². The predicted octanol–water partition coefficient (Wildman–Crippen LogP) is 5.82. The predicted molar refractivity (Wildman–Crippen MR) is 147 cm³/mol. The van der Waals surface area contributed by atoms with Crippen LogP contribution >= 0.6 is 22.9 Å². The molecule has 3 N–H and O–H groups in total. The SMILES string of the molecule is CC(C)OCCN(Cc1ccc(N)cc1)C(=O)c1sc2ncnc3c2c1NC(=O)N3c1ccc(F)c(Cl)c1. The number of halogens is 2. The van der Waals surface area contributed by atoms with Gasteiger partial charge in [0.15, 0.2) is 5.82 Å². The highest BCUT2D eigenvalue weighted by Crippen LogP contribution is 2.45. The average molecular weight is 555 g/mol. The van der Waals surface area contributed by atoms with Gasteiger partial charge in [0.05, 0.1) is 34.5 Å². The Balaban J connectivity index is 1.54. The molecule has 3 amide bonds. The zero-order valence-electron chi connectivity index (χ0n) is 20.6. The number of nitrogens with two attached hydrogens (primary N) is 1. The molecular formula is C26H24ClFN6O3S. The number of rotatable bonds is 8. The van der Waals surface area contributed by atoms with Crippen molar-refractivity contribution in [3.63, 3.8) is 0 Å². The Morgan fingerprint density at radius 1 is 1.24 bits per heavy atom. The van der Waals surface area contributed by atoms with Crippen LogP contribution in [0, 0.1) is 5.82 Å². The molecule has 0 saturated carbocycles. The van der Waals surface area contributed by atoms with Gasteiger partial charge in [0.2, 0.25) is 0 Å². The van der Waals surface area contributed by atoms with Crippen LogP contribution in [0.3, 0.4) is 0 Å². The number of benzene rings is 2. The lowest BCUT2D eigenvalue weighted by Gasteiger charge is -2.28. The van der Waals surface area contributed by atoms with Gasteiger partial charge in [0, 0.05) is 18.8 Å². The topological polar surface area (TPSA) is 114 Å². The number of hydrogen-bond acceptors (Lipinski definition) is 7. The fourth-order valence-corrected chi connectivity index (χ4v) is 5.35. The van der Waals surface area contributed by atoms with Crippen molar-refractivity contribution in [2.45, 2.75) is 26.5 Å². The van der Waals surface area contributed by atoms with E-state index in [1.807, 2.05) is 26.0 Å². The van der Waals surface area contributed by atoms with E-state index in [0.717, 1.165) is 5.56 Å². The summed E-state index contributed by atoms with van der Waals surface area (Å²) in [5.41, 5.74) is 8.02. The second-order valence-corrected chi connectivity index (χ2v) is 10.3. The number of carbonyl (C=O) groups is 2. The van der Waals surface area contributed by atoms with E-state index in [1.165, 1.54) is 40.8 Å². The number of ether oxygens (including phenoxy) is 1. The lowest BCUT2D eigenvalue weighted by Crippen LogP contribution is -2.37. The minimum absolute atomic E-state index is 0.0111. The van der Waals surface area contributed by atoms with Crippen LogP contribution in [0.25, 0.3) is 10.2 Å². The van der Waals surface area contributed by atoms with Crippen molar-refractivity contribution in [3.8, 4) is 0 Å². The number of urea groups is 1. The second kappa shape index (κ2) is 10.5. The van der Waals surface area contributed by atoms with Crippen LogP contribution < -0.4 is 16.0 Å². The van der Waals surface area contributed by atoms with Crippen LogP contribution in [-0.2, 0) is 11.3 Å². The molecule has 0 radical (unpaired) electrons. The van der Waals surface area contributed by atoms with Gasteiger partial charge in [-0.25, -0.2) is 24.1 Å². The lowest BCUT2D eigenvalue weighted by molar-refractivity contribution is 0.0471. The van der Waals surface area contributed by atoms with E-state index in [1.54, 1.807) is 17.0 Å². The fourth-order valence-electron chi connectivity index (χ4n) is 4.12. The third-order valence-electron chi connectivity index (χ3n) is 5.92. The number of aromatic nitrogens is 2. The Morgan fingerprint density at radius 3 is 2.71 bits per heavy atom. The molecule has 2 aromatic heterocycles. The summed E-state index contributed by atoms with van der Waals surface area (Å²) >= 11 is 7.14. The number of nitrogens with one attached hydrogen (secondary N) is 1. The molecule has 9 nitrogen and oxygen atoms in total. The summed E-state index contributed by atoms with van der Waals surface area (Å²) < 4.78 is 19.5. The molecule has 38 heavy (non-hydrogen) atoms. The number of thiophene rings is 1. The molecule has 12 heteroatoms. The van der Waals surface area contributed by atoms with Gasteiger partial charge in [-0.15, -0.1) is 11.3 Å². The highest BCUT2D eigenvalue weighted by Gasteiger charge is 2.35. The normalized spacial score (nSPS) is 12.8. The van der Waals surface area contributed by atoms with E-state index in [9.17, 15) is 14.0 Å². The van der Waals surface area contributed by atoms with Gasteiger partial charge in [0.1, 0.15) is 21.9 Å². The maximum absolute atomic E-state index is 13.9. The molecule has 0 saturated heterocycles. The molecule has 0 aliphatic carbocycles. The summed E-state index contributed by atoms with van der Waals surface area (Å²) in [6.45, 7) is 4.86. The van der Waals surface area contributed by atoms with Gasteiger partial charge in [-0.05, 0) is 49.7 Å². The highest BCUT2D eigenvalue weighted by atomic mass is 35.5. The number of amides is 3. The Bertz CT molecular complexity index is 1530. The summed E-state index contributed by atoms with van der Waals surface area (Å²) in [5.74, 6) is -0.607. The fraction of sp³-hybridized carbons (Fsp3) is 0.231. The molecule has 0 bridgehead atoms. The van der Waals surface area contributed by atoms with Crippen molar-refractivity contribution in [2.24, 2.45) is 0 Å². The van der Waals surface area contributed by atoms with Gasteiger partial charge in [0.25, 0.3) is 5.91 Å². The number of carbonyl (C=O) groups excluding carboxylic acids is 2. The third-order valence-corrected chi connectivity index (χ3v) is 7.30. The second-order valence-electron chi connectivity index (χ2n) is 8.94. The minimum Gasteiger partial charge on any atom is -0.399 e. The summed E-state index contributed by atoms with van der Waals surface area (Å²) in [7, 11) is 0. The van der Waals surface area contributed by atoms with Crippen LogP contribution in [0.2, 0.25) is 5.02 Å². The van der Waals surface area contributed by atoms with Crippen molar-refractivity contribution >= 4 is 68.0 Å². The molecule has 2 aromatic carbocycles. The van der Waals surface area contributed by atoms with E-state index in [4.69, 9.17) is 22.1 Å². The Labute approximate surface area is 227 Å². The van der Waals surface area contributed by atoms with Gasteiger partial charge < -0.3 is 20.7 Å². The first-order valence-electron chi connectivity index (χ1n) is 11.8. The minimum atomic E-state index is -0.604. The van der Waals surface area contributed by atoms with Crippen molar-refractivity contribution in [1.29, 1.82) is 0 Å². The number of hydrogen-bond donors (Lipinski definition) is 2. The summed E-state index contributed by atoms with van der Waals surface area (Å²) in [5, 5.41) is 3.21. The van der Waals surface area contributed by atoms with Crippen LogP contribution in [0.5, 0.6) is 0 Å². The first-order chi connectivity index (χ1) is 18.2. The monoisotopic (exact) mass is 554 g/mol. The number of nitrogens with zero attached hydrogens (tertiary/aromatic N) is 4. The Hall–Kier alpha value is -3.80. The first-order valence-corrected chi connectivity index (χ1v) is 13.0. The number of anilines is 4. The summed E-state index contributed by atoms with van der Waals surface area (Å²) in [6, 6.07) is 10.7. The van der Waals surface area contributed by atoms with Gasteiger partial charge in [-0.1, -0.05) is 23.7 Å². The molecule has 0 atom stereocenters. The maximum atomic E-state index is 13.9. The quantitative estimate of drug-likeness (QED) is 0.265. The molecule has 1 aliphatic heterocycles. The van der Waals surface area contributed by atoms with Gasteiger partial charge in [-0.3, -0.25) is 4.79 Å². The molecule has 0 fully saturated rings. The number of nitrogen functional groups attached to an aromatic ring is 1. The summed E-state index contributed by atoms with van der Waals surface area (Å²) in [6.07, 6.45) is 1.34. The third kappa shape index (κ3) is 5.00. The molecule has 1 aliphatic rings. The van der Waals surface area contributed by atoms with Gasteiger partial charge in [-0.2, -0.15) is 0 Å². The van der Waals surface area contributed by atoms with Crippen LogP contribution in [0.1, 0.15) is 29.1 Å². The van der Waals surface area contributed by atoms with E-state index < -0.39 is 11.8 Å². The largest absolute Gasteiger partial charge is 0.399 e. The smallest absolute Gasteiger partial charge is 0.332 e. The summed E-state index contributed by atoms with van der Waals surface area (Å²) in [4.78, 5) is 39.6. The van der Waals surface area contributed by atoms with Crippen LogP contribution in [0.4, 0.5) is 32.1 Å². The standard InChI is InChI=1S/C26H24ClFN6O3S/c1-14(2)37-10-9-33(12-15-3-5-16(29)6-4-15)25(35)22-21-20-23(30-13-31-24(20)38-22)34(26(36)32-21)17-7-8-19(28)18(27)11-17/h3-8,11,13-14H,9-10,12,29H2,1-2H3,(H,32,36). The zero-order chi connectivity index (χ0) is 27.0. The molecule has 3 heterocycles. The van der Waals surface area contributed by atoms with E-state index in [2.05, 4.69) is 15.3 Å². The van der Waals surface area contributed by atoms with E-state index >= 15 is 0 Å². The molecule has 4 aromatic rings. The Kier molecular flexibility index (Phi) is 7.15. The first kappa shape index (κ1) is 25.8. The van der Waals surface area contributed by atoms with Crippen LogP contribution in [-0.4, -0.2) is 46.1 Å². The van der Waals surface area contributed by atoms with Crippen LogP contribution in [0.15, 0.2) is 48.8 Å². The molecule has 196 valence electrons. The van der Waals surface area contributed by atoms with E-state index in [0.29, 0.717) is 51.9 Å². The lowest BCUT2D eigenvalue weighted by atomic mass is 10.1. The van der Waals surface area contributed by atoms with Crippen molar-refractivity contribution < 1.29 is 18.7 Å². The Morgan fingerprint density at radius 2 is 2.00 bits per heavy atom. The van der Waals surface area contributed by atoms with Gasteiger partial charge >= 0.3 is 6.03 Å². The zero-order valence-corrected chi connectivity index (χ0v) is 22.1. The maximum Gasteiger partial charge on any atom is 0.332 e. The molecular weight excluding hydrogens is 531 g/mol. The van der Waals surface area contributed by atoms with Crippen molar-refractivity contribution in [3.05, 3.63) is 70.1 Å².